The molecule has 34 nitrogen and oxygen atoms in total. The van der Waals surface area contributed by atoms with E-state index in [0.717, 1.165) is 53.4 Å². The van der Waals surface area contributed by atoms with Crippen LogP contribution in [0.1, 0.15) is 110 Å². The molecular weight excluding hydrogens is 1300 g/mol. The lowest BCUT2D eigenvalue weighted by atomic mass is 9.77. The lowest BCUT2D eigenvalue weighted by Gasteiger charge is -2.52. The zero-order valence-electron chi connectivity index (χ0n) is 55.8. The van der Waals surface area contributed by atoms with E-state index in [1.807, 2.05) is 0 Å². The number of allylic oxidation sites excluding steroid dienone is 2. The lowest BCUT2D eigenvalue weighted by molar-refractivity contribution is -0.342. The Morgan fingerprint density at radius 3 is 1.56 bits per heavy atom. The van der Waals surface area contributed by atoms with Gasteiger partial charge in [-0.05, 0) is 63.6 Å². The van der Waals surface area contributed by atoms with Gasteiger partial charge in [-0.3, -0.25) is 24.0 Å². The second-order valence-corrected chi connectivity index (χ2v) is 26.1. The first kappa shape index (κ1) is 80.5. The molecule has 0 spiro atoms. The van der Waals surface area contributed by atoms with Crippen molar-refractivity contribution in [1.82, 2.24) is 26.6 Å². The summed E-state index contributed by atoms with van der Waals surface area (Å²) in [7, 11) is 0. The van der Waals surface area contributed by atoms with Crippen LogP contribution in [0.15, 0.2) is 36.4 Å². The van der Waals surface area contributed by atoms with Gasteiger partial charge in [0.1, 0.15) is 109 Å². The first-order chi connectivity index (χ1) is 46.7. The molecule has 6 fully saturated rings. The van der Waals surface area contributed by atoms with Crippen molar-refractivity contribution in [3.63, 3.8) is 0 Å². The van der Waals surface area contributed by atoms with E-state index in [1.54, 1.807) is 12.1 Å². The molecule has 0 radical (unpaired) electrons. The Kier molecular flexibility index (Phi) is 31.1. The highest BCUT2D eigenvalue weighted by Crippen LogP contribution is 2.40. The van der Waals surface area contributed by atoms with Crippen LogP contribution in [0, 0.1) is 11.8 Å². The monoisotopic (exact) mass is 1410 g/mol. The van der Waals surface area contributed by atoms with Gasteiger partial charge in [0.15, 0.2) is 25.2 Å². The highest BCUT2D eigenvalue weighted by atomic mass is 16.7. The third-order valence-corrected chi connectivity index (χ3v) is 18.6. The van der Waals surface area contributed by atoms with Crippen molar-refractivity contribution in [3.8, 4) is 5.75 Å². The largest absolute Gasteiger partial charge is 0.494 e. The molecule has 1 aromatic rings. The summed E-state index contributed by atoms with van der Waals surface area (Å²) in [6, 6.07) is -1.75. The third-order valence-electron chi connectivity index (χ3n) is 18.6. The Morgan fingerprint density at radius 1 is 0.490 bits per heavy atom. The van der Waals surface area contributed by atoms with Gasteiger partial charge >= 0.3 is 0 Å². The van der Waals surface area contributed by atoms with E-state index in [-0.39, 0.29) is 18.4 Å². The molecule has 1 aromatic carbocycles. The van der Waals surface area contributed by atoms with E-state index in [4.69, 9.17) is 47.4 Å². The summed E-state index contributed by atoms with van der Waals surface area (Å²) >= 11 is 0. The second-order valence-electron chi connectivity index (χ2n) is 26.1. The summed E-state index contributed by atoms with van der Waals surface area (Å²) < 4.78 is 60.7. The van der Waals surface area contributed by atoms with Crippen molar-refractivity contribution in [2.75, 3.05) is 39.6 Å². The third kappa shape index (κ3) is 20.5. The number of ether oxygens (including phenoxy) is 10. The van der Waals surface area contributed by atoms with Gasteiger partial charge in [0.25, 0.3) is 5.91 Å². The minimum atomic E-state index is -1.97. The van der Waals surface area contributed by atoms with Gasteiger partial charge in [-0.2, -0.15) is 0 Å². The minimum Gasteiger partial charge on any atom is -0.494 e. The van der Waals surface area contributed by atoms with Crippen LogP contribution in [-0.2, 0) is 61.8 Å². The molecule has 19 N–H and O–H groups in total. The van der Waals surface area contributed by atoms with E-state index in [9.17, 15) is 95.5 Å². The smallest absolute Gasteiger partial charge is 0.251 e. The van der Waals surface area contributed by atoms with E-state index in [1.165, 1.54) is 31.9 Å². The van der Waals surface area contributed by atoms with Gasteiger partial charge in [-0.25, -0.2) is 0 Å². The highest BCUT2D eigenvalue weighted by Gasteiger charge is 2.57. The van der Waals surface area contributed by atoms with Crippen LogP contribution in [0.25, 0.3) is 0 Å². The minimum absolute atomic E-state index is 0.0611. The number of benzene rings is 1. The number of rotatable bonds is 31. The quantitative estimate of drug-likeness (QED) is 0.0243. The van der Waals surface area contributed by atoms with Crippen molar-refractivity contribution in [2.24, 2.45) is 11.8 Å². The van der Waals surface area contributed by atoms with Gasteiger partial charge < -0.3 is 145 Å². The average molecular weight is 1410 g/mol. The molecule has 6 aliphatic rings. The molecule has 30 atom stereocenters. The fourth-order valence-electron chi connectivity index (χ4n) is 13.5. The summed E-state index contributed by atoms with van der Waals surface area (Å²) in [5.74, 6) is -5.75. The van der Waals surface area contributed by atoms with Crippen LogP contribution in [0.5, 0.6) is 5.75 Å². The Balaban J connectivity index is 1.07. The molecule has 558 valence electrons. The Labute approximate surface area is 567 Å². The van der Waals surface area contributed by atoms with Crippen molar-refractivity contribution in [3.05, 3.63) is 42.0 Å². The zero-order chi connectivity index (χ0) is 71.8. The highest BCUT2D eigenvalue weighted by molar-refractivity contribution is 5.94. The van der Waals surface area contributed by atoms with Crippen LogP contribution in [-0.4, -0.2) is 312 Å². The predicted molar refractivity (Wildman–Crippen MR) is 335 cm³/mol. The Hall–Kier alpha value is -4.81. The molecule has 15 unspecified atom stereocenters. The SMILES string of the molecule is CCCCCC/C=C\CCCOc1cccc(C(=O)N[C@@H]2C(O[C@H]3C(O)C(NC(C)=O)C(OC4C(CO)C[C@@H](O[C@H]5C(O)C(NC(C)=O)C(OC6C(CO[C@@H]7OC(C)C(O)[C@H](O)[C@H]7O)OC(O)[C@@H](NC(C)=O)[C@H]6O)C[C@H]5CO)[C@@H](NC(C)=O)[C@H]4O)O[C@H]3CO)OC(CO)[C@@H](O)[C@@H]2O)c1. The number of aliphatic hydroxyl groups excluding tert-OH is 14. The molecule has 2 aliphatic carbocycles. The fourth-order valence-corrected chi connectivity index (χ4v) is 13.5. The van der Waals surface area contributed by atoms with Gasteiger partial charge in [-0.15, -0.1) is 0 Å². The summed E-state index contributed by atoms with van der Waals surface area (Å²) in [6.45, 7) is 4.22. The van der Waals surface area contributed by atoms with Crippen LogP contribution in [0.2, 0.25) is 0 Å². The zero-order valence-corrected chi connectivity index (χ0v) is 55.8. The molecule has 98 heavy (non-hydrogen) atoms. The lowest BCUT2D eigenvalue weighted by Crippen LogP contribution is -2.70. The summed E-state index contributed by atoms with van der Waals surface area (Å²) in [5.41, 5.74) is 0.0611. The van der Waals surface area contributed by atoms with Crippen LogP contribution < -0.4 is 31.3 Å². The van der Waals surface area contributed by atoms with Crippen molar-refractivity contribution in [1.29, 1.82) is 0 Å². The Bertz CT molecular complexity index is 2710. The topological polar surface area (TPSA) is 521 Å². The standard InChI is InChI=1S/C64H103N5O29/c1-7-8-9-10-11-12-13-14-15-19-89-36-18-16-17-33(20-36)60(87)69-45-49(80)48(79)39(25-72)95-62(45)98-58-40(26-73)96-63(46(53(58)84)68-32(6)77)97-57-35(24-71)22-37(42(51(57)82)65-29(3)74)92-56-34(23-70)21-38(43(50(56)81)66-30(4)75)93-59-41(94-61(88)44(52(59)83)67-31(5)76)27-90-64-55(86)54(85)47(78)28(2)91-64/h12-13,16-18,20,28,34-35,37-59,61-64,70-73,78-86,88H,7-11,14-15,19,21-27H2,1-6H3,(H,65,74)(H,66,75)(H,67,76)(H,68,77)(H,69,87)/b13-12-/t28?,34-,35?,37+,38?,39?,40-,41?,42+,43?,44-,45-,46?,47?,48+,49+,50?,51+,52+,53?,54-,55+,56+,57?,58+,59?,61?,62?,63?,64+/m0/s1. The molecule has 0 bridgehead atoms. The van der Waals surface area contributed by atoms with E-state index < -0.39 is 246 Å². The van der Waals surface area contributed by atoms with Crippen LogP contribution in [0.4, 0.5) is 0 Å². The predicted octanol–water partition coefficient (Wildman–Crippen LogP) is -6.05. The molecule has 4 aliphatic heterocycles. The maximum absolute atomic E-state index is 14.0. The maximum atomic E-state index is 14.0. The Morgan fingerprint density at radius 2 is 0.990 bits per heavy atom. The summed E-state index contributed by atoms with van der Waals surface area (Å²) in [4.78, 5) is 65.2. The number of amides is 5. The van der Waals surface area contributed by atoms with Crippen molar-refractivity contribution in [2.45, 2.75) is 271 Å². The molecule has 4 heterocycles. The number of carbonyl (C=O) groups is 5. The van der Waals surface area contributed by atoms with Gasteiger partial charge in [0, 0.05) is 58.3 Å². The average Bonchev–Trinajstić information content (AvgIpc) is 0.772. The van der Waals surface area contributed by atoms with E-state index >= 15 is 0 Å². The van der Waals surface area contributed by atoms with E-state index in [2.05, 4.69) is 45.7 Å². The molecular formula is C64H103N5O29. The van der Waals surface area contributed by atoms with Crippen molar-refractivity contribution < 1.29 is 143 Å². The molecule has 7 rings (SSSR count). The van der Waals surface area contributed by atoms with Gasteiger partial charge in [0.2, 0.25) is 23.6 Å². The maximum Gasteiger partial charge on any atom is 0.251 e. The van der Waals surface area contributed by atoms with Crippen molar-refractivity contribution >= 4 is 29.5 Å². The number of hydrogen-bond acceptors (Lipinski definition) is 29. The number of unbranched alkanes of at least 4 members (excludes halogenated alkanes) is 5. The molecule has 4 saturated heterocycles. The molecule has 5 amide bonds. The molecule has 34 heteroatoms. The molecule has 0 aromatic heterocycles. The molecule has 2 saturated carbocycles. The van der Waals surface area contributed by atoms with Crippen LogP contribution in [0.3, 0.4) is 0 Å². The van der Waals surface area contributed by atoms with E-state index in [0.29, 0.717) is 18.8 Å². The summed E-state index contributed by atoms with van der Waals surface area (Å²) in [5, 5.41) is 170. The first-order valence-electron chi connectivity index (χ1n) is 33.5. The number of nitrogens with one attached hydrogen (secondary N) is 5. The first-order valence-corrected chi connectivity index (χ1v) is 33.5. The second kappa shape index (κ2) is 37.9. The number of aliphatic hydroxyl groups is 14. The van der Waals surface area contributed by atoms with Crippen LogP contribution >= 0.6 is 0 Å². The normalized spacial score (nSPS) is 39.9. The fraction of sp³-hybridized carbons (Fsp3) is 0.797. The number of carbonyl (C=O) groups excluding carboxylic acids is 5. The summed E-state index contributed by atoms with van der Waals surface area (Å²) in [6.07, 6.45) is -27.7. The number of hydrogen-bond donors (Lipinski definition) is 19. The van der Waals surface area contributed by atoms with Gasteiger partial charge in [0.05, 0.1) is 69.0 Å². The van der Waals surface area contributed by atoms with Gasteiger partial charge in [-0.1, -0.05) is 44.4 Å².